The van der Waals surface area contributed by atoms with Gasteiger partial charge in [0, 0.05) is 24.7 Å². The quantitative estimate of drug-likeness (QED) is 0.385. The topological polar surface area (TPSA) is 33.7 Å². The van der Waals surface area contributed by atoms with Gasteiger partial charge in [-0.1, -0.05) is 48.5 Å². The van der Waals surface area contributed by atoms with Gasteiger partial charge in [0.15, 0.2) is 11.5 Å². The van der Waals surface area contributed by atoms with E-state index in [-0.39, 0.29) is 12.4 Å². The maximum absolute atomic E-state index is 13.9. The van der Waals surface area contributed by atoms with Crippen LogP contribution in [0.4, 0.5) is 4.39 Å². The van der Waals surface area contributed by atoms with Crippen LogP contribution in [0, 0.1) is 5.82 Å². The molecule has 0 spiro atoms. The van der Waals surface area contributed by atoms with E-state index in [0.29, 0.717) is 23.1 Å². The van der Waals surface area contributed by atoms with E-state index in [9.17, 15) is 4.39 Å². The molecule has 0 atom stereocenters. The molecule has 1 saturated heterocycles. The van der Waals surface area contributed by atoms with Crippen molar-refractivity contribution in [2.24, 2.45) is 0 Å². The second-order valence-corrected chi connectivity index (χ2v) is 9.26. The van der Waals surface area contributed by atoms with Crippen LogP contribution in [0.1, 0.15) is 29.5 Å². The highest BCUT2D eigenvalue weighted by atomic mass is 79.9. The lowest BCUT2D eigenvalue weighted by Crippen LogP contribution is -2.41. The normalized spacial score (nSPS) is 14.9. The molecule has 0 aliphatic carbocycles. The van der Waals surface area contributed by atoms with E-state index >= 15 is 0 Å². The number of nitrogens with zero attached hydrogens (tertiary/aromatic N) is 1. The van der Waals surface area contributed by atoms with Gasteiger partial charge in [-0.2, -0.15) is 0 Å². The Bertz CT molecular complexity index is 1040. The first-order valence-electron chi connectivity index (χ1n) is 11.3. The van der Waals surface area contributed by atoms with E-state index in [4.69, 9.17) is 9.47 Å². The standard InChI is InChI=1S/C27H30BrFN2O2/c1-32-26-16-21(15-24(28)27(26)33-19-22-9-5-6-10-25(22)29)17-30-23-11-13-31(14-12-23)18-20-7-3-2-4-8-20/h2-10,15-16,23,30H,11-14,17-19H2,1H3. The number of benzene rings is 3. The minimum atomic E-state index is -0.275. The van der Waals surface area contributed by atoms with Crippen molar-refractivity contribution < 1.29 is 13.9 Å². The van der Waals surface area contributed by atoms with Gasteiger partial charge in [0.1, 0.15) is 12.4 Å². The molecule has 1 aliphatic heterocycles. The molecule has 4 nitrogen and oxygen atoms in total. The molecule has 0 aromatic heterocycles. The number of halogens is 2. The summed E-state index contributed by atoms with van der Waals surface area (Å²) in [6, 6.07) is 21.8. The molecule has 3 aromatic rings. The molecule has 4 rings (SSSR count). The molecular weight excluding hydrogens is 483 g/mol. The zero-order valence-electron chi connectivity index (χ0n) is 18.9. The van der Waals surface area contributed by atoms with Crippen molar-refractivity contribution in [3.63, 3.8) is 0 Å². The third-order valence-corrected chi connectivity index (χ3v) is 6.64. The average molecular weight is 513 g/mol. The lowest BCUT2D eigenvalue weighted by atomic mass is 10.0. The molecule has 6 heteroatoms. The van der Waals surface area contributed by atoms with Crippen LogP contribution < -0.4 is 14.8 Å². The van der Waals surface area contributed by atoms with Crippen LogP contribution in [-0.2, 0) is 19.7 Å². The second kappa shape index (κ2) is 11.6. The third-order valence-electron chi connectivity index (χ3n) is 6.05. The van der Waals surface area contributed by atoms with Gasteiger partial charge >= 0.3 is 0 Å². The van der Waals surface area contributed by atoms with Gasteiger partial charge in [-0.15, -0.1) is 0 Å². The van der Waals surface area contributed by atoms with E-state index in [1.165, 1.54) is 11.6 Å². The Morgan fingerprint density at radius 3 is 2.45 bits per heavy atom. The van der Waals surface area contributed by atoms with E-state index in [2.05, 4.69) is 56.5 Å². The number of rotatable bonds is 9. The summed E-state index contributed by atoms with van der Waals surface area (Å²) in [5.74, 6) is 0.942. The lowest BCUT2D eigenvalue weighted by molar-refractivity contribution is 0.190. The summed E-state index contributed by atoms with van der Waals surface area (Å²) >= 11 is 3.60. The predicted molar refractivity (Wildman–Crippen MR) is 133 cm³/mol. The van der Waals surface area contributed by atoms with Gasteiger partial charge in [-0.3, -0.25) is 4.90 Å². The van der Waals surface area contributed by atoms with Crippen molar-refractivity contribution in [3.05, 3.63) is 93.7 Å². The Morgan fingerprint density at radius 1 is 1.00 bits per heavy atom. The second-order valence-electron chi connectivity index (χ2n) is 8.41. The Hall–Kier alpha value is -2.41. The van der Waals surface area contributed by atoms with Gasteiger partial charge in [0.25, 0.3) is 0 Å². The molecular formula is C27H30BrFN2O2. The van der Waals surface area contributed by atoms with Crippen molar-refractivity contribution in [1.29, 1.82) is 0 Å². The van der Waals surface area contributed by atoms with E-state index < -0.39 is 0 Å². The first kappa shape index (κ1) is 23.7. The fourth-order valence-electron chi connectivity index (χ4n) is 4.18. The zero-order chi connectivity index (χ0) is 23.0. The Balaban J connectivity index is 1.30. The SMILES string of the molecule is COc1cc(CNC2CCN(Cc3ccccc3)CC2)cc(Br)c1OCc1ccccc1F. The molecule has 1 fully saturated rings. The van der Waals surface area contributed by atoms with Crippen LogP contribution in [0.3, 0.4) is 0 Å². The Kier molecular flexibility index (Phi) is 8.37. The molecule has 33 heavy (non-hydrogen) atoms. The predicted octanol–water partition coefficient (Wildman–Crippen LogP) is 5.93. The third kappa shape index (κ3) is 6.56. The fourth-order valence-corrected chi connectivity index (χ4v) is 4.78. The van der Waals surface area contributed by atoms with Crippen LogP contribution in [0.2, 0.25) is 0 Å². The summed E-state index contributed by atoms with van der Waals surface area (Å²) in [6.07, 6.45) is 2.27. The number of piperidine rings is 1. The molecule has 0 amide bonds. The maximum atomic E-state index is 13.9. The summed E-state index contributed by atoms with van der Waals surface area (Å²) in [6.45, 7) is 4.11. The number of methoxy groups -OCH3 is 1. The molecule has 1 heterocycles. The molecule has 0 saturated carbocycles. The van der Waals surface area contributed by atoms with Crippen molar-refractivity contribution in [1.82, 2.24) is 10.2 Å². The van der Waals surface area contributed by atoms with E-state index in [1.54, 1.807) is 25.3 Å². The van der Waals surface area contributed by atoms with Crippen LogP contribution >= 0.6 is 15.9 Å². The van der Waals surface area contributed by atoms with Gasteiger partial charge < -0.3 is 14.8 Å². The molecule has 1 aliphatic rings. The highest BCUT2D eigenvalue weighted by molar-refractivity contribution is 9.10. The monoisotopic (exact) mass is 512 g/mol. The Morgan fingerprint density at radius 2 is 1.73 bits per heavy atom. The van der Waals surface area contributed by atoms with Gasteiger partial charge in [0.05, 0.1) is 11.6 Å². The van der Waals surface area contributed by atoms with Gasteiger partial charge in [-0.25, -0.2) is 4.39 Å². The Labute approximate surface area is 203 Å². The summed E-state index contributed by atoms with van der Waals surface area (Å²) < 4.78 is 26.2. The van der Waals surface area contributed by atoms with Gasteiger partial charge in [0.2, 0.25) is 0 Å². The number of likely N-dealkylation sites (tertiary alicyclic amines) is 1. The molecule has 1 N–H and O–H groups in total. The number of hydrogen-bond donors (Lipinski definition) is 1. The van der Waals surface area contributed by atoms with Crippen LogP contribution in [-0.4, -0.2) is 31.1 Å². The van der Waals surface area contributed by atoms with Gasteiger partial charge in [-0.05, 0) is 71.2 Å². The highest BCUT2D eigenvalue weighted by Gasteiger charge is 2.19. The first-order chi connectivity index (χ1) is 16.1. The molecule has 0 bridgehead atoms. The number of ether oxygens (including phenoxy) is 2. The summed E-state index contributed by atoms with van der Waals surface area (Å²) in [4.78, 5) is 2.52. The minimum absolute atomic E-state index is 0.140. The number of nitrogens with one attached hydrogen (secondary N) is 1. The van der Waals surface area contributed by atoms with Crippen molar-refractivity contribution in [2.45, 2.75) is 38.6 Å². The highest BCUT2D eigenvalue weighted by Crippen LogP contribution is 2.37. The molecule has 0 unspecified atom stereocenters. The van der Waals surface area contributed by atoms with Crippen LogP contribution in [0.5, 0.6) is 11.5 Å². The van der Waals surface area contributed by atoms with Crippen LogP contribution in [0.25, 0.3) is 0 Å². The average Bonchev–Trinajstić information content (AvgIpc) is 2.84. The fraction of sp³-hybridized carbons (Fsp3) is 0.333. The largest absolute Gasteiger partial charge is 0.493 e. The summed E-state index contributed by atoms with van der Waals surface area (Å²) in [7, 11) is 1.62. The van der Waals surface area contributed by atoms with Crippen molar-refractivity contribution >= 4 is 15.9 Å². The summed E-state index contributed by atoms with van der Waals surface area (Å²) in [5, 5.41) is 3.69. The smallest absolute Gasteiger partial charge is 0.175 e. The summed E-state index contributed by atoms with van der Waals surface area (Å²) in [5.41, 5.74) is 3.00. The lowest BCUT2D eigenvalue weighted by Gasteiger charge is -2.32. The van der Waals surface area contributed by atoms with Crippen LogP contribution in [0.15, 0.2) is 71.2 Å². The zero-order valence-corrected chi connectivity index (χ0v) is 20.5. The maximum Gasteiger partial charge on any atom is 0.175 e. The van der Waals surface area contributed by atoms with Crippen molar-refractivity contribution in [2.75, 3.05) is 20.2 Å². The molecule has 174 valence electrons. The minimum Gasteiger partial charge on any atom is -0.493 e. The first-order valence-corrected chi connectivity index (χ1v) is 12.1. The molecule has 0 radical (unpaired) electrons. The van der Waals surface area contributed by atoms with Crippen molar-refractivity contribution in [3.8, 4) is 11.5 Å². The van der Waals surface area contributed by atoms with E-state index in [1.807, 2.05) is 12.1 Å². The molecule has 3 aromatic carbocycles. The number of hydrogen-bond acceptors (Lipinski definition) is 4. The van der Waals surface area contributed by atoms with E-state index in [0.717, 1.165) is 49.1 Å².